The van der Waals surface area contributed by atoms with Gasteiger partial charge in [0, 0.05) is 49.6 Å². The summed E-state index contributed by atoms with van der Waals surface area (Å²) in [6, 6.07) is 60.6. The Hall–Kier alpha value is -8.71. The highest BCUT2D eigenvalue weighted by Crippen LogP contribution is 2.53. The van der Waals surface area contributed by atoms with Crippen LogP contribution in [-0.4, -0.2) is 14.1 Å². The van der Waals surface area contributed by atoms with Crippen molar-refractivity contribution >= 4 is 92.9 Å². The van der Waals surface area contributed by atoms with Gasteiger partial charge in [0.1, 0.15) is 22.9 Å². The number of fused-ring (bicyclic) bond motifs is 10. The van der Waals surface area contributed by atoms with Crippen molar-refractivity contribution in [2.75, 3.05) is 0 Å². The summed E-state index contributed by atoms with van der Waals surface area (Å²) in [5.41, 5.74) is 10.3. The predicted octanol–water partition coefficient (Wildman–Crippen LogP) is 14.7. The molecule has 61 heavy (non-hydrogen) atoms. The summed E-state index contributed by atoms with van der Waals surface area (Å²) >= 11 is 0. The maximum Gasteiger partial charge on any atom is 0.220 e. The molecule has 6 heteroatoms. The van der Waals surface area contributed by atoms with Crippen molar-refractivity contribution in [3.05, 3.63) is 193 Å². The van der Waals surface area contributed by atoms with Crippen molar-refractivity contribution in [2.45, 2.75) is 0 Å². The second-order valence-corrected chi connectivity index (χ2v) is 15.5. The molecule has 0 fully saturated rings. The minimum Gasteiger partial charge on any atom is -0.456 e. The van der Waals surface area contributed by atoms with E-state index in [1.807, 2.05) is 79.0 Å². The van der Waals surface area contributed by atoms with Gasteiger partial charge in [0.2, 0.25) is 5.69 Å². The van der Waals surface area contributed by atoms with E-state index in [4.69, 9.17) is 16.0 Å². The van der Waals surface area contributed by atoms with Crippen LogP contribution in [-0.2, 0) is 0 Å². The van der Waals surface area contributed by atoms with Crippen molar-refractivity contribution in [1.29, 1.82) is 5.26 Å². The highest BCUT2D eigenvalue weighted by Gasteiger charge is 2.33. The van der Waals surface area contributed by atoms with Gasteiger partial charge in [-0.1, -0.05) is 133 Å². The van der Waals surface area contributed by atoms with Crippen LogP contribution in [0.2, 0.25) is 0 Å². The molecule has 0 spiro atoms. The fourth-order valence-corrected chi connectivity index (χ4v) is 10.2. The Morgan fingerprint density at radius 1 is 0.475 bits per heavy atom. The Morgan fingerprint density at radius 3 is 1.80 bits per heavy atom. The summed E-state index contributed by atoms with van der Waals surface area (Å²) in [4.78, 5) is 9.64. The molecule has 0 N–H and O–H groups in total. The number of pyridine rings is 1. The van der Waals surface area contributed by atoms with Crippen LogP contribution < -0.4 is 0 Å². The van der Waals surface area contributed by atoms with Gasteiger partial charge in [-0.25, -0.2) is 9.83 Å². The molecule has 0 amide bonds. The molecule has 6 nitrogen and oxygen atoms in total. The number of hydrogen-bond donors (Lipinski definition) is 0. The molecule has 0 aliphatic rings. The van der Waals surface area contributed by atoms with Gasteiger partial charge in [-0.15, -0.1) is 0 Å². The van der Waals surface area contributed by atoms with E-state index in [1.54, 1.807) is 0 Å². The summed E-state index contributed by atoms with van der Waals surface area (Å²) in [5, 5.41) is 22.5. The molecule has 0 unspecified atom stereocenters. The molecule has 0 aliphatic heterocycles. The first kappa shape index (κ1) is 33.3. The van der Waals surface area contributed by atoms with E-state index in [2.05, 4.69) is 117 Å². The molecule has 4 aromatic heterocycles. The van der Waals surface area contributed by atoms with Crippen LogP contribution in [0.15, 0.2) is 180 Å². The fraction of sp³-hybridized carbons (Fsp3) is 0. The number of benzene rings is 9. The molecular formula is C55H29N5O. The Morgan fingerprint density at radius 2 is 1.07 bits per heavy atom. The van der Waals surface area contributed by atoms with Crippen LogP contribution in [0.1, 0.15) is 5.56 Å². The molecule has 9 aromatic carbocycles. The van der Waals surface area contributed by atoms with Crippen LogP contribution >= 0.6 is 0 Å². The third kappa shape index (κ3) is 4.35. The summed E-state index contributed by atoms with van der Waals surface area (Å²) in [6.45, 7) is 9.15. The van der Waals surface area contributed by atoms with E-state index in [1.165, 1.54) is 0 Å². The third-order valence-corrected chi connectivity index (χ3v) is 12.6. The van der Waals surface area contributed by atoms with E-state index < -0.39 is 0 Å². The smallest absolute Gasteiger partial charge is 0.220 e. The number of aromatic nitrogens is 3. The molecule has 0 radical (unpaired) electrons. The van der Waals surface area contributed by atoms with Crippen molar-refractivity contribution in [1.82, 2.24) is 14.1 Å². The normalized spacial score (nSPS) is 11.9. The monoisotopic (exact) mass is 775 g/mol. The van der Waals surface area contributed by atoms with Crippen molar-refractivity contribution in [2.24, 2.45) is 0 Å². The van der Waals surface area contributed by atoms with Crippen LogP contribution in [0.5, 0.6) is 0 Å². The minimum atomic E-state index is 0.377. The largest absolute Gasteiger partial charge is 0.456 e. The van der Waals surface area contributed by atoms with Crippen molar-refractivity contribution in [3.8, 4) is 39.7 Å². The Bertz CT molecular complexity index is 3980. The minimum absolute atomic E-state index is 0.377. The van der Waals surface area contributed by atoms with Crippen LogP contribution in [0.3, 0.4) is 0 Å². The van der Waals surface area contributed by atoms with E-state index >= 15 is 0 Å². The van der Waals surface area contributed by atoms with E-state index in [0.29, 0.717) is 28.2 Å². The second kappa shape index (κ2) is 12.4. The van der Waals surface area contributed by atoms with E-state index in [-0.39, 0.29) is 0 Å². The highest BCUT2D eigenvalue weighted by atomic mass is 16.3. The SMILES string of the molecule is [C-]#[N+]c1c(-c2ccccc2)c(C#N)c(-n2c3ccccc3c3c4c(ccc32)oc2ccccc24)c(-c2ccccc2)c1-n1c2cccc3c4ccccc4c4ccnc1c4c32. The second-order valence-electron chi connectivity index (χ2n) is 15.5. The first-order valence-electron chi connectivity index (χ1n) is 20.2. The lowest BCUT2D eigenvalue weighted by Crippen LogP contribution is -2.09. The zero-order valence-electron chi connectivity index (χ0n) is 32.4. The van der Waals surface area contributed by atoms with Gasteiger partial charge in [-0.05, 0) is 69.1 Å². The summed E-state index contributed by atoms with van der Waals surface area (Å²) in [5.74, 6) is 0. The first-order valence-corrected chi connectivity index (χ1v) is 20.2. The average Bonchev–Trinajstić information content (AvgIpc) is 3.99. The maximum absolute atomic E-state index is 11.7. The molecule has 13 aromatic rings. The lowest BCUT2D eigenvalue weighted by atomic mass is 9.88. The quantitative estimate of drug-likeness (QED) is 0.132. The van der Waals surface area contributed by atoms with Gasteiger partial charge >= 0.3 is 0 Å². The molecule has 0 bridgehead atoms. The summed E-state index contributed by atoms with van der Waals surface area (Å²) in [6.07, 6.45) is 1.88. The Balaban J connectivity index is 1.32. The van der Waals surface area contributed by atoms with Gasteiger partial charge in [0.05, 0.1) is 40.1 Å². The first-order chi connectivity index (χ1) is 30.2. The summed E-state index contributed by atoms with van der Waals surface area (Å²) < 4.78 is 10.9. The molecule has 280 valence electrons. The van der Waals surface area contributed by atoms with Gasteiger partial charge < -0.3 is 13.6 Å². The number of nitriles is 1. The van der Waals surface area contributed by atoms with Crippen LogP contribution in [0.25, 0.3) is 126 Å². The van der Waals surface area contributed by atoms with E-state index in [9.17, 15) is 5.26 Å². The van der Waals surface area contributed by atoms with Gasteiger partial charge in [0.15, 0.2) is 0 Å². The molecule has 0 saturated carbocycles. The standard InChI is InChI=1S/C55H29N5O/c1-57-52-46(32-15-4-2-5-16-32)40(31-56)53(59-41-24-12-10-21-38(41)49-43(59)27-28-45-50(49)39-22-11-13-26-44(39)61-45)47(33-17-6-3-7-18-33)54(52)60-42-25-14-23-36-34-19-8-9-20-35(34)37-29-30-58-55(60)51(37)48(36)42/h2-30H. The lowest BCUT2D eigenvalue weighted by Gasteiger charge is -2.25. The molecule has 0 atom stereocenters. The maximum atomic E-state index is 11.7. The Labute approximate surface area is 348 Å². The number of hydrogen-bond acceptors (Lipinski definition) is 3. The number of furan rings is 1. The Kier molecular flexibility index (Phi) is 6.76. The van der Waals surface area contributed by atoms with Gasteiger partial charge in [-0.2, -0.15) is 5.26 Å². The zero-order valence-corrected chi connectivity index (χ0v) is 32.4. The molecule has 0 aliphatic carbocycles. The average molecular weight is 776 g/mol. The molecule has 4 heterocycles. The zero-order chi connectivity index (χ0) is 40.3. The highest BCUT2D eigenvalue weighted by molar-refractivity contribution is 6.34. The van der Waals surface area contributed by atoms with Crippen LogP contribution in [0, 0.1) is 17.9 Å². The molecule has 0 saturated heterocycles. The number of rotatable bonds is 4. The third-order valence-electron chi connectivity index (χ3n) is 12.6. The van der Waals surface area contributed by atoms with Crippen LogP contribution in [0.4, 0.5) is 5.69 Å². The fourth-order valence-electron chi connectivity index (χ4n) is 10.2. The van der Waals surface area contributed by atoms with Gasteiger partial charge in [0.25, 0.3) is 0 Å². The molecule has 13 rings (SSSR count). The van der Waals surface area contributed by atoms with Crippen molar-refractivity contribution in [3.63, 3.8) is 0 Å². The number of para-hydroxylation sites is 2. The number of nitrogens with zero attached hydrogens (tertiary/aromatic N) is 5. The topological polar surface area (TPSA) is 64.0 Å². The summed E-state index contributed by atoms with van der Waals surface area (Å²) in [7, 11) is 0. The lowest BCUT2D eigenvalue weighted by molar-refractivity contribution is 0.669. The van der Waals surface area contributed by atoms with Gasteiger partial charge in [-0.3, -0.25) is 0 Å². The van der Waals surface area contributed by atoms with Crippen molar-refractivity contribution < 1.29 is 4.42 Å². The molecular weight excluding hydrogens is 747 g/mol. The predicted molar refractivity (Wildman–Crippen MR) is 248 cm³/mol. The van der Waals surface area contributed by atoms with E-state index in [0.717, 1.165) is 104 Å².